The molecule has 4 heterocycles. The van der Waals surface area contributed by atoms with Crippen LogP contribution < -0.4 is 5.32 Å². The minimum absolute atomic E-state index is 0.0919. The van der Waals surface area contributed by atoms with Crippen molar-refractivity contribution in [2.75, 3.05) is 32.7 Å². The first-order chi connectivity index (χ1) is 20.6. The second-order valence-electron chi connectivity index (χ2n) is 12.9. The number of aryl methyl sites for hydroxylation is 1. The summed E-state index contributed by atoms with van der Waals surface area (Å²) in [6.45, 7) is 14.2. The third kappa shape index (κ3) is 5.96. The lowest BCUT2D eigenvalue weighted by Gasteiger charge is -2.52. The molecule has 3 saturated heterocycles. The minimum atomic E-state index is -0.915. The summed E-state index contributed by atoms with van der Waals surface area (Å²) in [5.41, 5.74) is 3.91. The van der Waals surface area contributed by atoms with Crippen molar-refractivity contribution in [3.8, 4) is 5.69 Å². The predicted molar refractivity (Wildman–Crippen MR) is 165 cm³/mol. The summed E-state index contributed by atoms with van der Waals surface area (Å²) in [6, 6.07) is 6.81. The zero-order valence-electron chi connectivity index (χ0n) is 26.4. The predicted octanol–water partition coefficient (Wildman–Crippen LogP) is 3.20. The third-order valence-electron chi connectivity index (χ3n) is 9.78. The fourth-order valence-corrected chi connectivity index (χ4v) is 6.90. The van der Waals surface area contributed by atoms with Crippen LogP contribution in [0, 0.1) is 19.8 Å². The topological polar surface area (TPSA) is 111 Å². The summed E-state index contributed by atoms with van der Waals surface area (Å²) in [7, 11) is 0. The molecule has 2 N–H and O–H groups in total. The normalized spacial score (nSPS) is 21.6. The quantitative estimate of drug-likeness (QED) is 0.463. The van der Waals surface area contributed by atoms with Gasteiger partial charge in [-0.05, 0) is 76.1 Å². The molecule has 0 bridgehead atoms. The fourth-order valence-electron chi connectivity index (χ4n) is 6.90. The summed E-state index contributed by atoms with van der Waals surface area (Å²) in [5.74, 6) is -0.349. The van der Waals surface area contributed by atoms with Gasteiger partial charge in [-0.2, -0.15) is 5.10 Å². The van der Waals surface area contributed by atoms with Crippen molar-refractivity contribution in [2.24, 2.45) is 5.92 Å². The van der Waals surface area contributed by atoms with E-state index in [4.69, 9.17) is 5.10 Å². The lowest BCUT2D eigenvalue weighted by Crippen LogP contribution is -2.74. The molecule has 10 heteroatoms. The van der Waals surface area contributed by atoms with Crippen LogP contribution in [-0.2, 0) is 16.1 Å². The second kappa shape index (κ2) is 12.8. The number of piperazine rings is 1. The first kappa shape index (κ1) is 31.2. The van der Waals surface area contributed by atoms with Gasteiger partial charge in [0, 0.05) is 56.1 Å². The molecule has 1 aromatic heterocycles. The van der Waals surface area contributed by atoms with Crippen LogP contribution in [0.4, 0.5) is 0 Å². The number of likely N-dealkylation sites (tertiary alicyclic amines) is 2. The van der Waals surface area contributed by atoms with E-state index >= 15 is 0 Å². The largest absolute Gasteiger partial charge is 0.390 e. The summed E-state index contributed by atoms with van der Waals surface area (Å²) < 4.78 is 1.94. The van der Waals surface area contributed by atoms with Gasteiger partial charge < -0.3 is 20.2 Å². The number of aliphatic hydroxyl groups is 1. The molecule has 3 aliphatic heterocycles. The number of piperidine rings is 1. The van der Waals surface area contributed by atoms with Crippen LogP contribution in [0.3, 0.4) is 0 Å². The van der Waals surface area contributed by atoms with E-state index in [0.29, 0.717) is 44.6 Å². The molecule has 3 aliphatic rings. The van der Waals surface area contributed by atoms with Gasteiger partial charge in [-0.3, -0.25) is 19.3 Å². The average Bonchev–Trinajstić information content (AvgIpc) is 3.64. The Bertz CT molecular complexity index is 1320. The van der Waals surface area contributed by atoms with Crippen LogP contribution >= 0.6 is 0 Å². The monoisotopic (exact) mass is 592 g/mol. The van der Waals surface area contributed by atoms with E-state index in [1.54, 1.807) is 4.90 Å². The molecule has 1 spiro atoms. The van der Waals surface area contributed by atoms with Gasteiger partial charge >= 0.3 is 0 Å². The van der Waals surface area contributed by atoms with Crippen molar-refractivity contribution in [3.63, 3.8) is 0 Å². The SMILES string of the molecule is CCCCN1C(=O)C(C(O)C(C)C)NC(=O)C12CCN(Cc1c(C)nn(-c3ccc(C(=O)N4CCCC4)cc3)c1C)CC2. The van der Waals surface area contributed by atoms with Crippen molar-refractivity contribution in [1.29, 1.82) is 0 Å². The highest BCUT2D eigenvalue weighted by Crippen LogP contribution is 2.35. The van der Waals surface area contributed by atoms with E-state index in [1.165, 1.54) is 0 Å². The first-order valence-corrected chi connectivity index (χ1v) is 16.0. The number of benzene rings is 1. The summed E-state index contributed by atoms with van der Waals surface area (Å²) in [6.07, 6.45) is 4.07. The number of aromatic nitrogens is 2. The van der Waals surface area contributed by atoms with Crippen LogP contribution in [0.25, 0.3) is 5.69 Å². The van der Waals surface area contributed by atoms with Gasteiger partial charge in [-0.15, -0.1) is 0 Å². The van der Waals surface area contributed by atoms with E-state index in [2.05, 4.69) is 24.1 Å². The van der Waals surface area contributed by atoms with Crippen LogP contribution in [0.2, 0.25) is 0 Å². The number of rotatable bonds is 9. The van der Waals surface area contributed by atoms with Gasteiger partial charge in [0.2, 0.25) is 11.8 Å². The Morgan fingerprint density at radius 2 is 1.72 bits per heavy atom. The van der Waals surface area contributed by atoms with Crippen LogP contribution in [0.1, 0.15) is 86.6 Å². The standard InChI is InChI=1S/C33H48N6O4/c1-6-7-18-38-31(42)28(29(40)22(2)3)34-32(43)33(38)14-19-36(20-15-33)21-27-23(4)35-39(24(27)5)26-12-10-25(11-13-26)30(41)37-16-8-9-17-37/h10-13,22,28-29,40H,6-9,14-21H2,1-5H3,(H,34,43). The molecule has 3 fully saturated rings. The van der Waals surface area contributed by atoms with E-state index in [-0.39, 0.29) is 23.6 Å². The molecule has 1 aromatic carbocycles. The molecule has 0 radical (unpaired) electrons. The number of hydrogen-bond acceptors (Lipinski definition) is 6. The lowest BCUT2D eigenvalue weighted by molar-refractivity contribution is -0.165. The second-order valence-corrected chi connectivity index (χ2v) is 12.9. The molecule has 3 amide bonds. The zero-order valence-corrected chi connectivity index (χ0v) is 26.4. The maximum absolute atomic E-state index is 13.6. The molecular formula is C33H48N6O4. The van der Waals surface area contributed by atoms with Crippen molar-refractivity contribution in [3.05, 3.63) is 46.8 Å². The van der Waals surface area contributed by atoms with Crippen molar-refractivity contribution < 1.29 is 19.5 Å². The highest BCUT2D eigenvalue weighted by molar-refractivity contribution is 6.00. The van der Waals surface area contributed by atoms with E-state index in [1.807, 2.05) is 54.6 Å². The smallest absolute Gasteiger partial charge is 0.253 e. The number of amides is 3. The van der Waals surface area contributed by atoms with Crippen molar-refractivity contribution >= 4 is 17.7 Å². The van der Waals surface area contributed by atoms with Crippen LogP contribution in [-0.4, -0.2) is 97.7 Å². The van der Waals surface area contributed by atoms with Gasteiger partial charge in [0.1, 0.15) is 11.6 Å². The highest BCUT2D eigenvalue weighted by atomic mass is 16.3. The third-order valence-corrected chi connectivity index (χ3v) is 9.78. The number of carbonyl (C=O) groups excluding carboxylic acids is 3. The van der Waals surface area contributed by atoms with Gasteiger partial charge in [-0.1, -0.05) is 27.2 Å². The van der Waals surface area contributed by atoms with Gasteiger partial charge in [0.05, 0.1) is 17.5 Å². The molecule has 234 valence electrons. The summed E-state index contributed by atoms with van der Waals surface area (Å²) in [4.78, 5) is 46.1. The number of carbonyl (C=O) groups is 3. The van der Waals surface area contributed by atoms with Crippen LogP contribution in [0.15, 0.2) is 24.3 Å². The molecule has 2 atom stereocenters. The Morgan fingerprint density at radius 1 is 1.07 bits per heavy atom. The molecular weight excluding hydrogens is 544 g/mol. The van der Waals surface area contributed by atoms with Crippen LogP contribution in [0.5, 0.6) is 0 Å². The van der Waals surface area contributed by atoms with Crippen molar-refractivity contribution in [1.82, 2.24) is 29.8 Å². The summed E-state index contributed by atoms with van der Waals surface area (Å²) >= 11 is 0. The van der Waals surface area contributed by atoms with Crippen molar-refractivity contribution in [2.45, 2.75) is 97.4 Å². The Morgan fingerprint density at radius 3 is 2.33 bits per heavy atom. The number of nitrogens with one attached hydrogen (secondary N) is 1. The van der Waals surface area contributed by atoms with Gasteiger partial charge in [0.15, 0.2) is 0 Å². The Kier molecular flexibility index (Phi) is 9.27. The van der Waals surface area contributed by atoms with Gasteiger partial charge in [0.25, 0.3) is 5.91 Å². The molecule has 2 aromatic rings. The van der Waals surface area contributed by atoms with Gasteiger partial charge in [-0.25, -0.2) is 4.68 Å². The first-order valence-electron chi connectivity index (χ1n) is 16.0. The molecule has 0 aliphatic carbocycles. The number of aliphatic hydroxyl groups excluding tert-OH is 1. The molecule has 43 heavy (non-hydrogen) atoms. The zero-order chi connectivity index (χ0) is 30.9. The number of unbranched alkanes of at least 4 members (excludes halogenated alkanes) is 1. The number of hydrogen-bond donors (Lipinski definition) is 2. The number of nitrogens with zero attached hydrogens (tertiary/aromatic N) is 5. The van der Waals surface area contributed by atoms with E-state index < -0.39 is 17.7 Å². The maximum atomic E-state index is 13.6. The molecule has 10 nitrogen and oxygen atoms in total. The minimum Gasteiger partial charge on any atom is -0.390 e. The molecule has 2 unspecified atom stereocenters. The fraction of sp³-hybridized carbons (Fsp3) is 0.636. The summed E-state index contributed by atoms with van der Waals surface area (Å²) in [5, 5.41) is 18.5. The Labute approximate surface area is 255 Å². The molecule has 5 rings (SSSR count). The molecule has 0 saturated carbocycles. The lowest BCUT2D eigenvalue weighted by atomic mass is 9.80. The van der Waals surface area contributed by atoms with E-state index in [0.717, 1.165) is 61.4 Å². The van der Waals surface area contributed by atoms with E-state index in [9.17, 15) is 19.5 Å². The Hall–Kier alpha value is -3.24. The average molecular weight is 593 g/mol. The maximum Gasteiger partial charge on any atom is 0.253 e. The highest BCUT2D eigenvalue weighted by Gasteiger charge is 2.54. The Balaban J connectivity index is 1.28.